The van der Waals surface area contributed by atoms with Crippen LogP contribution in [0.4, 0.5) is 0 Å². The first-order valence-electron chi connectivity index (χ1n) is 14.4. The minimum absolute atomic E-state index is 0.125. The molecule has 0 aliphatic rings. The van der Waals surface area contributed by atoms with Crippen LogP contribution in [-0.4, -0.2) is 75.3 Å². The number of rotatable bonds is 3. The monoisotopic (exact) mass is 682 g/mol. The van der Waals surface area contributed by atoms with Gasteiger partial charge in [-0.05, 0) is 152 Å². The first-order chi connectivity index (χ1) is 20.6. The van der Waals surface area contributed by atoms with Crippen LogP contribution in [0.25, 0.3) is 0 Å². The lowest BCUT2D eigenvalue weighted by molar-refractivity contribution is -0.117. The van der Waals surface area contributed by atoms with Crippen molar-refractivity contribution in [3.63, 3.8) is 0 Å². The van der Waals surface area contributed by atoms with Crippen LogP contribution in [0.2, 0.25) is 0 Å². The molecule has 12 heteroatoms. The van der Waals surface area contributed by atoms with E-state index < -0.39 is 0 Å². The Labute approximate surface area is 286 Å². The normalized spacial score (nSPS) is 6.85. The van der Waals surface area contributed by atoms with E-state index in [1.807, 2.05) is 0 Å². The molecule has 282 valence electrons. The molecule has 0 fully saturated rings. The predicted octanol–water partition coefficient (Wildman–Crippen LogP) is 6.30. The van der Waals surface area contributed by atoms with E-state index in [9.17, 15) is 52.7 Å². The molecule has 12 nitrogen and oxygen atoms in total. The number of aliphatic hydroxyl groups excluding tert-OH is 1. The first kappa shape index (κ1) is 74.3. The predicted molar refractivity (Wildman–Crippen MR) is 191 cm³/mol. The summed E-state index contributed by atoms with van der Waals surface area (Å²) in [4.78, 5) is 105. The van der Waals surface area contributed by atoms with E-state index in [1.165, 1.54) is 145 Å². The molecule has 0 aromatic heterocycles. The number of aliphatic hydroxyl groups is 1. The minimum Gasteiger partial charge on any atom is -0.396 e. The Hall–Kier alpha value is -3.67. The van der Waals surface area contributed by atoms with Crippen molar-refractivity contribution in [2.75, 3.05) is 6.61 Å². The molecule has 0 spiro atoms. The van der Waals surface area contributed by atoms with Gasteiger partial charge in [0.05, 0.1) is 0 Å². The van der Waals surface area contributed by atoms with Crippen LogP contribution in [0, 0.1) is 0 Å². The molecule has 0 aliphatic heterocycles. The molecule has 0 saturated carbocycles. The summed E-state index contributed by atoms with van der Waals surface area (Å²) >= 11 is 0. The van der Waals surface area contributed by atoms with E-state index in [1.54, 1.807) is 0 Å². The molecular weight excluding hydrogens is 612 g/mol. The van der Waals surface area contributed by atoms with Gasteiger partial charge in [-0.25, -0.2) is 0 Å². The van der Waals surface area contributed by atoms with Crippen molar-refractivity contribution in [1.29, 1.82) is 0 Å². The molecular formula is C35H70O12. The van der Waals surface area contributed by atoms with Gasteiger partial charge in [0, 0.05) is 13.0 Å². The summed E-state index contributed by atoms with van der Waals surface area (Å²) in [6.07, 6.45) is 1.12. The van der Waals surface area contributed by atoms with Crippen molar-refractivity contribution in [3.05, 3.63) is 0 Å². The number of Topliss-reactive ketones (excluding diaryl/α,β-unsaturated/α-hetero) is 11. The third-order valence-corrected chi connectivity index (χ3v) is 0.687. The summed E-state index contributed by atoms with van der Waals surface area (Å²) in [7, 11) is 0. The number of carbonyl (C=O) groups excluding carboxylic acids is 11. The molecule has 0 aromatic rings. The van der Waals surface area contributed by atoms with Gasteiger partial charge >= 0.3 is 0 Å². The third-order valence-electron chi connectivity index (χ3n) is 0.687. The average molecular weight is 683 g/mol. The Morgan fingerprint density at radius 1 is 0.277 bits per heavy atom. The number of hydrogen-bond donors (Lipinski definition) is 1. The lowest BCUT2D eigenvalue weighted by Crippen LogP contribution is -1.91. The molecule has 0 aromatic carbocycles. The Morgan fingerprint density at radius 2 is 0.362 bits per heavy atom. The van der Waals surface area contributed by atoms with Gasteiger partial charge in [0.2, 0.25) is 0 Å². The van der Waals surface area contributed by atoms with E-state index in [-0.39, 0.29) is 70.2 Å². The fourth-order valence-corrected chi connectivity index (χ4v) is 0.328. The quantitative estimate of drug-likeness (QED) is 0.348. The number of hydrogen-bond acceptors (Lipinski definition) is 12. The second kappa shape index (κ2) is 69.2. The zero-order valence-corrected chi connectivity index (χ0v) is 33.6. The first-order valence-corrected chi connectivity index (χ1v) is 14.4. The Balaban J connectivity index is -0.0000000339. The molecule has 0 amide bonds. The Bertz CT molecular complexity index is 598. The summed E-state index contributed by atoms with van der Waals surface area (Å²) in [5.74, 6) is 1.81. The Kier molecular flexibility index (Phi) is 109. The zero-order valence-electron chi connectivity index (χ0n) is 33.6. The van der Waals surface area contributed by atoms with E-state index in [0.29, 0.717) is 12.8 Å². The summed E-state index contributed by atoms with van der Waals surface area (Å²) in [6, 6.07) is 0. The van der Waals surface area contributed by atoms with Crippen molar-refractivity contribution < 1.29 is 57.8 Å². The van der Waals surface area contributed by atoms with Gasteiger partial charge in [-0.15, -0.1) is 0 Å². The summed E-state index contributed by atoms with van der Waals surface area (Å²) < 4.78 is 0. The van der Waals surface area contributed by atoms with Crippen LogP contribution >= 0.6 is 0 Å². The van der Waals surface area contributed by atoms with Crippen molar-refractivity contribution in [2.45, 2.75) is 158 Å². The van der Waals surface area contributed by atoms with Crippen LogP contribution in [0.1, 0.15) is 158 Å². The number of ketones is 11. The standard InChI is InChI=1S/C5H10O2.10C3H6O/c1-5(7)3-2-4-6;10*1-3(2)4/h6H,2-4H2,1H3;10*1-2H3. The van der Waals surface area contributed by atoms with Crippen LogP contribution in [0.3, 0.4) is 0 Å². The van der Waals surface area contributed by atoms with Gasteiger partial charge in [-0.3, -0.25) is 0 Å². The molecule has 1 N–H and O–H groups in total. The highest BCUT2D eigenvalue weighted by atomic mass is 16.3. The fraction of sp³-hybridized carbons (Fsp3) is 0.686. The van der Waals surface area contributed by atoms with Crippen molar-refractivity contribution in [3.8, 4) is 0 Å². The van der Waals surface area contributed by atoms with Crippen LogP contribution in [0.15, 0.2) is 0 Å². The molecule has 0 bridgehead atoms. The molecule has 0 rings (SSSR count). The average Bonchev–Trinajstić information content (AvgIpc) is 2.68. The second-order valence-corrected chi connectivity index (χ2v) is 10.6. The van der Waals surface area contributed by atoms with Gasteiger partial charge in [0.1, 0.15) is 63.6 Å². The zero-order chi connectivity index (χ0) is 41.5. The van der Waals surface area contributed by atoms with Crippen molar-refractivity contribution in [2.24, 2.45) is 0 Å². The van der Waals surface area contributed by atoms with Crippen molar-refractivity contribution >= 4 is 63.6 Å². The topological polar surface area (TPSA) is 208 Å². The molecule has 0 aliphatic carbocycles. The third kappa shape index (κ3) is 632000. The maximum atomic E-state index is 10.1. The second-order valence-electron chi connectivity index (χ2n) is 10.6. The summed E-state index contributed by atoms with van der Waals surface area (Å²) in [5, 5.41) is 8.16. The van der Waals surface area contributed by atoms with Crippen molar-refractivity contribution in [1.82, 2.24) is 0 Å². The molecule has 0 atom stereocenters. The maximum Gasteiger partial charge on any atom is 0.129 e. The highest BCUT2D eigenvalue weighted by Crippen LogP contribution is 1.85. The summed E-state index contributed by atoms with van der Waals surface area (Å²) in [5.41, 5.74) is 0. The van der Waals surface area contributed by atoms with Gasteiger partial charge in [-0.2, -0.15) is 0 Å². The molecule has 0 radical (unpaired) electrons. The summed E-state index contributed by atoms with van der Waals surface area (Å²) in [6.45, 7) is 32.2. The number of carbonyl (C=O) groups is 11. The van der Waals surface area contributed by atoms with Gasteiger partial charge in [0.25, 0.3) is 0 Å². The Morgan fingerprint density at radius 3 is 0.383 bits per heavy atom. The largest absolute Gasteiger partial charge is 0.396 e. The molecule has 0 unspecified atom stereocenters. The fourth-order valence-electron chi connectivity index (χ4n) is 0.328. The lowest BCUT2D eigenvalue weighted by Gasteiger charge is -1.86. The van der Waals surface area contributed by atoms with Crippen LogP contribution in [0.5, 0.6) is 0 Å². The maximum absolute atomic E-state index is 10.1. The van der Waals surface area contributed by atoms with E-state index in [0.717, 1.165) is 0 Å². The van der Waals surface area contributed by atoms with Gasteiger partial charge < -0.3 is 57.8 Å². The highest BCUT2D eigenvalue weighted by Gasteiger charge is 1.88. The van der Waals surface area contributed by atoms with Gasteiger partial charge in [-0.1, -0.05) is 0 Å². The van der Waals surface area contributed by atoms with Crippen LogP contribution < -0.4 is 0 Å². The van der Waals surface area contributed by atoms with Gasteiger partial charge in [0.15, 0.2) is 0 Å². The molecule has 0 saturated heterocycles. The smallest absolute Gasteiger partial charge is 0.129 e. The SMILES string of the molecule is CC(=O)CCCO.CC(C)=O.CC(C)=O.CC(C)=O.CC(C)=O.CC(C)=O.CC(C)=O.CC(C)=O.CC(C)=O.CC(C)=O.CC(C)=O. The molecule has 47 heavy (non-hydrogen) atoms. The highest BCUT2D eigenvalue weighted by molar-refractivity contribution is 5.75. The lowest BCUT2D eigenvalue weighted by atomic mass is 10.2. The van der Waals surface area contributed by atoms with E-state index >= 15 is 0 Å². The minimum atomic E-state index is 0.125. The molecule has 0 heterocycles. The van der Waals surface area contributed by atoms with E-state index in [2.05, 4.69) is 0 Å². The van der Waals surface area contributed by atoms with Crippen LogP contribution in [-0.2, 0) is 52.7 Å². The van der Waals surface area contributed by atoms with E-state index in [4.69, 9.17) is 5.11 Å².